The fraction of sp³-hybridized carbons (Fsp3) is 0.200. The van der Waals surface area contributed by atoms with Crippen molar-refractivity contribution < 1.29 is 23.5 Å². The Balaban J connectivity index is 1.56. The molecule has 0 saturated heterocycles. The Morgan fingerprint density at radius 3 is 2.69 bits per heavy atom. The fourth-order valence-electron chi connectivity index (χ4n) is 3.64. The molecule has 4 rings (SSSR count). The van der Waals surface area contributed by atoms with Gasteiger partial charge in [-0.1, -0.05) is 6.92 Å². The number of benzene rings is 1. The van der Waals surface area contributed by atoms with Crippen molar-refractivity contribution in [1.82, 2.24) is 15.3 Å². The van der Waals surface area contributed by atoms with Gasteiger partial charge in [0.05, 0.1) is 16.7 Å². The summed E-state index contributed by atoms with van der Waals surface area (Å²) in [6.45, 7) is 1.65. The number of urea groups is 1. The fourth-order valence-corrected chi connectivity index (χ4v) is 4.01. The number of hydrogen-bond donors (Lipinski definition) is 2. The molecule has 3 aromatic rings. The van der Waals surface area contributed by atoms with Gasteiger partial charge in [-0.2, -0.15) is 5.26 Å². The SMILES string of the molecule is CCC(=O)c1ccc(F)c([C@@H]2CC2NC(=O)Nc2ccc(C#N)cn2)c1OC(=O)c1cncc(Br)c1. The van der Waals surface area contributed by atoms with E-state index in [1.807, 2.05) is 6.07 Å². The quantitative estimate of drug-likeness (QED) is 0.246. The lowest BCUT2D eigenvalue weighted by atomic mass is 10.00. The topological polar surface area (TPSA) is 134 Å². The molecule has 36 heavy (non-hydrogen) atoms. The van der Waals surface area contributed by atoms with Crippen LogP contribution in [-0.2, 0) is 0 Å². The molecule has 2 N–H and O–H groups in total. The zero-order valence-corrected chi connectivity index (χ0v) is 20.5. The molecule has 182 valence electrons. The zero-order valence-electron chi connectivity index (χ0n) is 18.9. The number of ether oxygens (including phenoxy) is 1. The van der Waals surface area contributed by atoms with Crippen molar-refractivity contribution in [3.05, 3.63) is 81.5 Å². The minimum atomic E-state index is -0.796. The number of ketones is 1. The highest BCUT2D eigenvalue weighted by molar-refractivity contribution is 9.10. The van der Waals surface area contributed by atoms with Crippen LogP contribution in [0.1, 0.15) is 57.5 Å². The first-order chi connectivity index (χ1) is 17.3. The molecule has 9 nitrogen and oxygen atoms in total. The van der Waals surface area contributed by atoms with Crippen LogP contribution in [0, 0.1) is 17.1 Å². The molecule has 2 aromatic heterocycles. The van der Waals surface area contributed by atoms with Gasteiger partial charge in [-0.05, 0) is 52.7 Å². The summed E-state index contributed by atoms with van der Waals surface area (Å²) in [6, 6.07) is 7.84. The van der Waals surface area contributed by atoms with E-state index in [2.05, 4.69) is 36.5 Å². The van der Waals surface area contributed by atoms with Gasteiger partial charge in [0.15, 0.2) is 5.78 Å². The van der Waals surface area contributed by atoms with Crippen LogP contribution < -0.4 is 15.4 Å². The molecule has 0 spiro atoms. The molecule has 11 heteroatoms. The van der Waals surface area contributed by atoms with Crippen LogP contribution in [0.4, 0.5) is 15.0 Å². The maximum atomic E-state index is 15.0. The number of carbonyl (C=O) groups is 3. The molecule has 1 unspecified atom stereocenters. The number of hydrogen-bond acceptors (Lipinski definition) is 7. The van der Waals surface area contributed by atoms with Gasteiger partial charge in [0.2, 0.25) is 0 Å². The van der Waals surface area contributed by atoms with Crippen molar-refractivity contribution in [2.75, 3.05) is 5.32 Å². The Kier molecular flexibility index (Phi) is 7.36. The van der Waals surface area contributed by atoms with Crippen molar-refractivity contribution in [1.29, 1.82) is 5.26 Å². The number of nitriles is 1. The van der Waals surface area contributed by atoms with Gasteiger partial charge in [-0.3, -0.25) is 15.1 Å². The summed E-state index contributed by atoms with van der Waals surface area (Å²) in [5.41, 5.74) is 0.602. The minimum Gasteiger partial charge on any atom is -0.422 e. The van der Waals surface area contributed by atoms with Crippen molar-refractivity contribution in [3.8, 4) is 11.8 Å². The molecule has 1 aliphatic carbocycles. The number of Topliss-reactive ketones (excluding diaryl/α,β-unsaturated/α-hetero) is 1. The number of pyridine rings is 2. The maximum absolute atomic E-state index is 15.0. The second kappa shape index (κ2) is 10.6. The summed E-state index contributed by atoms with van der Waals surface area (Å²) in [4.78, 5) is 45.7. The van der Waals surface area contributed by atoms with E-state index in [0.717, 1.165) is 6.07 Å². The van der Waals surface area contributed by atoms with Crippen LogP contribution >= 0.6 is 15.9 Å². The van der Waals surface area contributed by atoms with Gasteiger partial charge in [0.25, 0.3) is 0 Å². The third-order valence-electron chi connectivity index (χ3n) is 5.51. The Bertz CT molecular complexity index is 1390. The van der Waals surface area contributed by atoms with E-state index in [1.54, 1.807) is 6.92 Å². The van der Waals surface area contributed by atoms with Gasteiger partial charge in [0.1, 0.15) is 23.5 Å². The molecule has 0 aliphatic heterocycles. The van der Waals surface area contributed by atoms with E-state index in [0.29, 0.717) is 16.5 Å². The number of nitrogens with zero attached hydrogens (tertiary/aromatic N) is 3. The molecule has 1 saturated carbocycles. The number of rotatable bonds is 7. The highest BCUT2D eigenvalue weighted by Crippen LogP contribution is 2.47. The number of esters is 1. The number of aromatic nitrogens is 2. The number of anilines is 1. The van der Waals surface area contributed by atoms with E-state index in [1.165, 1.54) is 42.9 Å². The van der Waals surface area contributed by atoms with Crippen LogP contribution in [0.2, 0.25) is 0 Å². The smallest absolute Gasteiger partial charge is 0.345 e. The van der Waals surface area contributed by atoms with Crippen molar-refractivity contribution in [2.24, 2.45) is 0 Å². The first-order valence-corrected chi connectivity index (χ1v) is 11.7. The van der Waals surface area contributed by atoms with Crippen LogP contribution in [0.15, 0.2) is 53.4 Å². The molecule has 0 radical (unpaired) electrons. The van der Waals surface area contributed by atoms with Crippen LogP contribution in [0.25, 0.3) is 0 Å². The van der Waals surface area contributed by atoms with E-state index in [4.69, 9.17) is 10.00 Å². The van der Waals surface area contributed by atoms with Gasteiger partial charge >= 0.3 is 12.0 Å². The van der Waals surface area contributed by atoms with Gasteiger partial charge in [-0.25, -0.2) is 19.0 Å². The van der Waals surface area contributed by atoms with Crippen LogP contribution in [0.3, 0.4) is 0 Å². The number of carbonyl (C=O) groups excluding carboxylic acids is 3. The number of amides is 2. The third kappa shape index (κ3) is 5.55. The van der Waals surface area contributed by atoms with Gasteiger partial charge < -0.3 is 10.1 Å². The number of nitrogens with one attached hydrogen (secondary N) is 2. The van der Waals surface area contributed by atoms with Gasteiger partial charge in [0, 0.05) is 47.0 Å². The lowest BCUT2D eigenvalue weighted by molar-refractivity contribution is 0.0729. The standard InChI is InChI=1S/C25H19BrFN5O4/c1-2-20(33)16-4-5-18(27)22(23(16)36-24(34)14-7-15(26)12-29-11-14)17-8-19(17)31-25(35)32-21-6-3-13(9-28)10-30-21/h3-7,10-12,17,19H,2,8H2,1H3,(H2,30,31,32,35)/t17-,19?/m1/s1. The number of halogens is 2. The summed E-state index contributed by atoms with van der Waals surface area (Å²) in [5, 5.41) is 14.1. The molecule has 2 amide bonds. The first-order valence-electron chi connectivity index (χ1n) is 10.9. The average molecular weight is 552 g/mol. The molecule has 0 bridgehead atoms. The highest BCUT2D eigenvalue weighted by Gasteiger charge is 2.44. The summed E-state index contributed by atoms with van der Waals surface area (Å²) in [5.74, 6) is -2.20. The van der Waals surface area contributed by atoms with E-state index < -0.39 is 29.8 Å². The highest BCUT2D eigenvalue weighted by atomic mass is 79.9. The lowest BCUT2D eigenvalue weighted by Gasteiger charge is -2.15. The molecule has 2 heterocycles. The third-order valence-corrected chi connectivity index (χ3v) is 5.95. The van der Waals surface area contributed by atoms with Gasteiger partial charge in [-0.15, -0.1) is 0 Å². The Hall–Kier alpha value is -4.17. The Labute approximate surface area is 213 Å². The average Bonchev–Trinajstić information content (AvgIpc) is 3.62. The van der Waals surface area contributed by atoms with E-state index in [9.17, 15) is 14.4 Å². The molecular weight excluding hydrogens is 533 g/mol. The second-order valence-electron chi connectivity index (χ2n) is 7.99. The largest absolute Gasteiger partial charge is 0.422 e. The second-order valence-corrected chi connectivity index (χ2v) is 8.90. The van der Waals surface area contributed by atoms with Crippen LogP contribution in [-0.4, -0.2) is 33.8 Å². The molecule has 1 aromatic carbocycles. The van der Waals surface area contributed by atoms with Crippen molar-refractivity contribution in [3.63, 3.8) is 0 Å². The summed E-state index contributed by atoms with van der Waals surface area (Å²) in [6.07, 6.45) is 4.62. The molecule has 1 aliphatic rings. The Morgan fingerprint density at radius 2 is 2.03 bits per heavy atom. The zero-order chi connectivity index (χ0) is 25.8. The predicted octanol–water partition coefficient (Wildman–Crippen LogP) is 4.74. The van der Waals surface area contributed by atoms with E-state index in [-0.39, 0.29) is 40.5 Å². The van der Waals surface area contributed by atoms with Crippen molar-refractivity contribution >= 4 is 39.5 Å². The summed E-state index contributed by atoms with van der Waals surface area (Å²) >= 11 is 3.24. The first kappa shape index (κ1) is 24.9. The monoisotopic (exact) mass is 551 g/mol. The molecule has 2 atom stereocenters. The lowest BCUT2D eigenvalue weighted by Crippen LogP contribution is -2.31. The van der Waals surface area contributed by atoms with E-state index >= 15 is 4.39 Å². The minimum absolute atomic E-state index is 0.0485. The van der Waals surface area contributed by atoms with Crippen LogP contribution in [0.5, 0.6) is 5.75 Å². The normalized spacial score (nSPS) is 15.9. The maximum Gasteiger partial charge on any atom is 0.345 e. The molecule has 1 fully saturated rings. The summed E-state index contributed by atoms with van der Waals surface area (Å²) in [7, 11) is 0. The Morgan fingerprint density at radius 1 is 1.22 bits per heavy atom. The molecular formula is C25H19BrFN5O4. The summed E-state index contributed by atoms with van der Waals surface area (Å²) < 4.78 is 21.2. The predicted molar refractivity (Wildman–Crippen MR) is 130 cm³/mol. The van der Waals surface area contributed by atoms with Crippen molar-refractivity contribution in [2.45, 2.75) is 31.7 Å².